The molecule has 0 fully saturated rings. The summed E-state index contributed by atoms with van der Waals surface area (Å²) in [5, 5.41) is 0. The molecule has 0 bridgehead atoms. The van der Waals surface area contributed by atoms with E-state index < -0.39 is 10.0 Å². The molecular weight excluding hydrogens is 426 g/mol. The lowest BCUT2D eigenvalue weighted by molar-refractivity contribution is 0.104. The average molecular weight is 448 g/mol. The summed E-state index contributed by atoms with van der Waals surface area (Å²) in [5.74, 6) is -0.134. The standard InChI is InChI=1S/C25H21NO3S2/c1-3-18-10-14-20(15-11-18)31(28,29)26-23-16-24(30-19-12-8-17(2)9-13-19)25(27)22-7-5-4-6-21(22)23/h4-16H,3H2,1-2H3. The minimum absolute atomic E-state index is 0.132. The van der Waals surface area contributed by atoms with Gasteiger partial charge in [0, 0.05) is 16.0 Å². The van der Waals surface area contributed by atoms with Crippen LogP contribution in [0.1, 0.15) is 34.0 Å². The van der Waals surface area contributed by atoms with Crippen LogP contribution in [0.2, 0.25) is 0 Å². The van der Waals surface area contributed by atoms with Gasteiger partial charge < -0.3 is 0 Å². The van der Waals surface area contributed by atoms with Gasteiger partial charge in [-0.1, -0.05) is 72.8 Å². The van der Waals surface area contributed by atoms with Gasteiger partial charge in [0.05, 0.1) is 15.5 Å². The fourth-order valence-electron chi connectivity index (χ4n) is 3.27. The number of aryl methyl sites for hydroxylation is 2. The van der Waals surface area contributed by atoms with E-state index in [-0.39, 0.29) is 16.4 Å². The Morgan fingerprint density at radius 3 is 2.16 bits per heavy atom. The number of fused-ring (bicyclic) bond motifs is 1. The van der Waals surface area contributed by atoms with E-state index >= 15 is 0 Å². The molecule has 0 atom stereocenters. The molecule has 0 radical (unpaired) electrons. The van der Waals surface area contributed by atoms with Crippen LogP contribution in [0.5, 0.6) is 0 Å². The molecule has 156 valence electrons. The molecule has 0 saturated heterocycles. The molecule has 0 saturated carbocycles. The Balaban J connectivity index is 1.78. The first-order valence-electron chi connectivity index (χ1n) is 9.91. The minimum Gasteiger partial charge on any atom is -0.288 e. The highest BCUT2D eigenvalue weighted by molar-refractivity contribution is 8.04. The Hall–Kier alpha value is -2.96. The van der Waals surface area contributed by atoms with Crippen LogP contribution in [0.15, 0.2) is 98.0 Å². The molecule has 3 aromatic rings. The Bertz CT molecular complexity index is 1300. The molecule has 0 aliphatic heterocycles. The Morgan fingerprint density at radius 2 is 1.52 bits per heavy atom. The third-order valence-corrected chi connectivity index (χ3v) is 7.37. The summed E-state index contributed by atoms with van der Waals surface area (Å²) >= 11 is 1.31. The zero-order valence-electron chi connectivity index (χ0n) is 17.2. The largest absolute Gasteiger partial charge is 0.288 e. The minimum atomic E-state index is -3.92. The van der Waals surface area contributed by atoms with Crippen LogP contribution in [0.4, 0.5) is 0 Å². The molecule has 1 aliphatic rings. The van der Waals surface area contributed by atoms with Gasteiger partial charge in [-0.05, 0) is 49.2 Å². The summed E-state index contributed by atoms with van der Waals surface area (Å²) in [4.78, 5) is 14.5. The number of Topliss-reactive ketones (excluding diaryl/α,β-unsaturated/α-hetero) is 1. The second kappa shape index (κ2) is 8.65. The number of thioether (sulfide) groups is 1. The number of hydrogen-bond donors (Lipinski definition) is 0. The van der Waals surface area contributed by atoms with Gasteiger partial charge in [-0.3, -0.25) is 4.79 Å². The van der Waals surface area contributed by atoms with Gasteiger partial charge in [-0.15, -0.1) is 0 Å². The normalized spacial score (nSPS) is 15.0. The van der Waals surface area contributed by atoms with Crippen molar-refractivity contribution in [1.82, 2.24) is 0 Å². The number of carbonyl (C=O) groups excluding carboxylic acids is 1. The van der Waals surface area contributed by atoms with Crippen molar-refractivity contribution in [2.24, 2.45) is 4.40 Å². The van der Waals surface area contributed by atoms with Crippen LogP contribution in [0.3, 0.4) is 0 Å². The van der Waals surface area contributed by atoms with Crippen LogP contribution in [-0.2, 0) is 16.4 Å². The SMILES string of the molecule is CCc1ccc(S(=O)(=O)N=C2C=C(Sc3ccc(C)cc3)C(=O)c3ccccc32)cc1. The number of hydrogen-bond acceptors (Lipinski definition) is 4. The number of rotatable bonds is 5. The summed E-state index contributed by atoms with van der Waals surface area (Å²) in [6, 6.07) is 21.5. The summed E-state index contributed by atoms with van der Waals surface area (Å²) in [6.07, 6.45) is 2.40. The van der Waals surface area contributed by atoms with Gasteiger partial charge in [0.2, 0.25) is 0 Å². The Morgan fingerprint density at radius 1 is 0.871 bits per heavy atom. The van der Waals surface area contributed by atoms with Crippen molar-refractivity contribution in [2.45, 2.75) is 30.1 Å². The van der Waals surface area contributed by atoms with E-state index in [4.69, 9.17) is 0 Å². The van der Waals surface area contributed by atoms with Gasteiger partial charge in [-0.25, -0.2) is 0 Å². The van der Waals surface area contributed by atoms with E-state index in [1.807, 2.05) is 38.1 Å². The van der Waals surface area contributed by atoms with Gasteiger partial charge >= 0.3 is 0 Å². The van der Waals surface area contributed by atoms with Crippen molar-refractivity contribution in [2.75, 3.05) is 0 Å². The number of carbonyl (C=O) groups is 1. The number of allylic oxidation sites excluding steroid dienone is 2. The highest BCUT2D eigenvalue weighted by Gasteiger charge is 2.26. The predicted octanol–water partition coefficient (Wildman–Crippen LogP) is 5.61. The molecule has 3 aromatic carbocycles. The molecule has 0 N–H and O–H groups in total. The molecule has 0 aromatic heterocycles. The zero-order valence-corrected chi connectivity index (χ0v) is 18.8. The molecule has 4 nitrogen and oxygen atoms in total. The smallest absolute Gasteiger partial charge is 0.282 e. The van der Waals surface area contributed by atoms with Crippen molar-refractivity contribution < 1.29 is 13.2 Å². The van der Waals surface area contributed by atoms with E-state index in [1.165, 1.54) is 11.8 Å². The van der Waals surface area contributed by atoms with Gasteiger partial charge in [0.25, 0.3) is 10.0 Å². The van der Waals surface area contributed by atoms with Crippen LogP contribution < -0.4 is 0 Å². The number of ketones is 1. The van der Waals surface area contributed by atoms with Crippen molar-refractivity contribution in [1.29, 1.82) is 0 Å². The van der Waals surface area contributed by atoms with Gasteiger partial charge in [0.1, 0.15) is 0 Å². The quantitative estimate of drug-likeness (QED) is 0.510. The lowest BCUT2D eigenvalue weighted by Crippen LogP contribution is -2.17. The molecule has 0 unspecified atom stereocenters. The molecule has 1 aliphatic carbocycles. The van der Waals surface area contributed by atoms with E-state index in [1.54, 1.807) is 54.6 Å². The van der Waals surface area contributed by atoms with Gasteiger partial charge in [0.15, 0.2) is 5.78 Å². The topological polar surface area (TPSA) is 63.6 Å². The van der Waals surface area contributed by atoms with Crippen LogP contribution >= 0.6 is 11.8 Å². The lowest BCUT2D eigenvalue weighted by atomic mass is 9.94. The first-order valence-corrected chi connectivity index (χ1v) is 12.2. The van der Waals surface area contributed by atoms with E-state index in [2.05, 4.69) is 4.40 Å². The first kappa shape index (κ1) is 21.3. The molecule has 4 rings (SSSR count). The van der Waals surface area contributed by atoms with Crippen molar-refractivity contribution >= 4 is 33.3 Å². The van der Waals surface area contributed by atoms with Crippen molar-refractivity contribution in [3.63, 3.8) is 0 Å². The second-order valence-electron chi connectivity index (χ2n) is 7.25. The fraction of sp³-hybridized carbons (Fsp3) is 0.120. The molecule has 6 heteroatoms. The average Bonchev–Trinajstić information content (AvgIpc) is 2.78. The molecule has 31 heavy (non-hydrogen) atoms. The van der Waals surface area contributed by atoms with Gasteiger partial charge in [-0.2, -0.15) is 12.8 Å². The summed E-state index contributed by atoms with van der Waals surface area (Å²) in [6.45, 7) is 4.01. The third-order valence-electron chi connectivity index (χ3n) is 5.04. The Kier molecular flexibility index (Phi) is 5.94. The van der Waals surface area contributed by atoms with Crippen LogP contribution in [-0.4, -0.2) is 19.9 Å². The maximum Gasteiger partial charge on any atom is 0.282 e. The lowest BCUT2D eigenvalue weighted by Gasteiger charge is -2.17. The van der Waals surface area contributed by atoms with Crippen molar-refractivity contribution in [3.8, 4) is 0 Å². The maximum atomic E-state index is 13.0. The van der Waals surface area contributed by atoms with Crippen LogP contribution in [0.25, 0.3) is 0 Å². The highest BCUT2D eigenvalue weighted by Crippen LogP contribution is 2.34. The zero-order chi connectivity index (χ0) is 22.0. The third kappa shape index (κ3) is 4.55. The molecule has 0 spiro atoms. The maximum absolute atomic E-state index is 13.0. The number of benzene rings is 3. The number of sulfonamides is 1. The fourth-order valence-corrected chi connectivity index (χ4v) is 5.16. The second-order valence-corrected chi connectivity index (χ2v) is 9.97. The van der Waals surface area contributed by atoms with E-state index in [0.717, 1.165) is 22.4 Å². The Labute approximate surface area is 186 Å². The summed E-state index contributed by atoms with van der Waals surface area (Å²) < 4.78 is 30.1. The highest BCUT2D eigenvalue weighted by atomic mass is 32.2. The monoisotopic (exact) mass is 447 g/mol. The van der Waals surface area contributed by atoms with E-state index in [0.29, 0.717) is 16.0 Å². The summed E-state index contributed by atoms with van der Waals surface area (Å²) in [7, 11) is -3.92. The first-order chi connectivity index (χ1) is 14.9. The molecular formula is C25H21NO3S2. The number of nitrogens with zero attached hydrogens (tertiary/aromatic N) is 1. The molecule has 0 heterocycles. The van der Waals surface area contributed by atoms with Crippen molar-refractivity contribution in [3.05, 3.63) is 106 Å². The summed E-state index contributed by atoms with van der Waals surface area (Å²) in [5.41, 5.74) is 3.42. The van der Waals surface area contributed by atoms with Crippen LogP contribution in [0, 0.1) is 6.92 Å². The van der Waals surface area contributed by atoms with E-state index in [9.17, 15) is 13.2 Å². The molecule has 0 amide bonds. The predicted molar refractivity (Wildman–Crippen MR) is 125 cm³/mol.